The van der Waals surface area contributed by atoms with Gasteiger partial charge in [-0.15, -0.1) is 11.3 Å². The first-order chi connectivity index (χ1) is 6.41. The smallest absolute Gasteiger partial charge is 0.261 e. The average molecular weight is 211 g/mol. The first-order valence-electron chi connectivity index (χ1n) is 4.75. The van der Waals surface area contributed by atoms with Gasteiger partial charge in [0, 0.05) is 6.04 Å². The van der Waals surface area contributed by atoms with E-state index in [1.807, 2.05) is 24.4 Å². The highest BCUT2D eigenvalue weighted by Gasteiger charge is 2.22. The third kappa shape index (κ3) is 2.84. The molecule has 1 unspecified atom stereocenters. The first-order valence-corrected chi connectivity index (χ1v) is 5.63. The Bertz CT molecular complexity index is 298. The van der Waals surface area contributed by atoms with Crippen molar-refractivity contribution in [3.8, 4) is 0 Å². The van der Waals surface area contributed by atoms with Gasteiger partial charge in [0.05, 0.1) is 4.88 Å². The van der Waals surface area contributed by atoms with Crippen molar-refractivity contribution in [3.63, 3.8) is 0 Å². The molecule has 0 aliphatic carbocycles. The monoisotopic (exact) mass is 211 g/mol. The van der Waals surface area contributed by atoms with Gasteiger partial charge in [-0.1, -0.05) is 26.8 Å². The second-order valence-corrected chi connectivity index (χ2v) is 5.49. The maximum Gasteiger partial charge on any atom is 0.261 e. The van der Waals surface area contributed by atoms with E-state index < -0.39 is 0 Å². The molecule has 0 aliphatic rings. The molecule has 0 saturated heterocycles. The van der Waals surface area contributed by atoms with Gasteiger partial charge in [-0.25, -0.2) is 0 Å². The van der Waals surface area contributed by atoms with Crippen LogP contribution in [0, 0.1) is 5.41 Å². The normalized spacial score (nSPS) is 13.7. The molecular weight excluding hydrogens is 194 g/mol. The molecule has 1 aromatic heterocycles. The Labute approximate surface area is 89.3 Å². The molecule has 1 rings (SSSR count). The fourth-order valence-electron chi connectivity index (χ4n) is 0.892. The lowest BCUT2D eigenvalue weighted by Gasteiger charge is -2.27. The number of amides is 1. The molecule has 1 N–H and O–H groups in total. The summed E-state index contributed by atoms with van der Waals surface area (Å²) in [6.07, 6.45) is 0. The van der Waals surface area contributed by atoms with Crippen LogP contribution in [-0.4, -0.2) is 11.9 Å². The summed E-state index contributed by atoms with van der Waals surface area (Å²) in [5, 5.41) is 4.91. The van der Waals surface area contributed by atoms with E-state index >= 15 is 0 Å². The van der Waals surface area contributed by atoms with Crippen molar-refractivity contribution in [2.45, 2.75) is 33.7 Å². The second kappa shape index (κ2) is 4.13. The van der Waals surface area contributed by atoms with Gasteiger partial charge in [0.1, 0.15) is 0 Å². The van der Waals surface area contributed by atoms with E-state index in [1.54, 1.807) is 0 Å². The van der Waals surface area contributed by atoms with Crippen molar-refractivity contribution < 1.29 is 4.79 Å². The lowest BCUT2D eigenvalue weighted by atomic mass is 9.88. The highest BCUT2D eigenvalue weighted by Crippen LogP contribution is 2.19. The molecule has 1 amide bonds. The largest absolute Gasteiger partial charge is 0.348 e. The standard InChI is InChI=1S/C11H17NOS/c1-8(11(2,3)4)12-10(13)9-6-5-7-14-9/h5-8H,1-4H3,(H,12,13). The van der Waals surface area contributed by atoms with E-state index in [0.29, 0.717) is 0 Å². The van der Waals surface area contributed by atoms with E-state index in [0.717, 1.165) is 4.88 Å². The summed E-state index contributed by atoms with van der Waals surface area (Å²) in [5.41, 5.74) is 0.104. The molecule has 0 saturated carbocycles. The summed E-state index contributed by atoms with van der Waals surface area (Å²) in [5.74, 6) is 0.0300. The van der Waals surface area contributed by atoms with Gasteiger partial charge in [-0.05, 0) is 23.8 Å². The van der Waals surface area contributed by atoms with Crippen molar-refractivity contribution in [1.29, 1.82) is 0 Å². The van der Waals surface area contributed by atoms with E-state index in [-0.39, 0.29) is 17.4 Å². The maximum absolute atomic E-state index is 11.7. The molecule has 0 aliphatic heterocycles. The first kappa shape index (κ1) is 11.2. The van der Waals surface area contributed by atoms with Crippen molar-refractivity contribution in [1.82, 2.24) is 5.32 Å². The van der Waals surface area contributed by atoms with Crippen LogP contribution in [0.5, 0.6) is 0 Å². The van der Waals surface area contributed by atoms with E-state index in [2.05, 4.69) is 26.1 Å². The number of hydrogen-bond acceptors (Lipinski definition) is 2. The molecule has 3 heteroatoms. The Morgan fingerprint density at radius 1 is 1.50 bits per heavy atom. The van der Waals surface area contributed by atoms with Crippen LogP contribution in [0.3, 0.4) is 0 Å². The zero-order valence-electron chi connectivity index (χ0n) is 9.13. The van der Waals surface area contributed by atoms with Crippen LogP contribution in [0.25, 0.3) is 0 Å². The van der Waals surface area contributed by atoms with E-state index in [4.69, 9.17) is 0 Å². The van der Waals surface area contributed by atoms with Crippen LogP contribution in [0.1, 0.15) is 37.4 Å². The molecule has 0 fully saturated rings. The lowest BCUT2D eigenvalue weighted by Crippen LogP contribution is -2.41. The Kier molecular flexibility index (Phi) is 3.32. The number of carbonyl (C=O) groups excluding carboxylic acids is 1. The topological polar surface area (TPSA) is 29.1 Å². The van der Waals surface area contributed by atoms with Gasteiger partial charge in [0.2, 0.25) is 0 Å². The van der Waals surface area contributed by atoms with Crippen LogP contribution in [-0.2, 0) is 0 Å². The summed E-state index contributed by atoms with van der Waals surface area (Å²) in [6.45, 7) is 8.39. The highest BCUT2D eigenvalue weighted by atomic mass is 32.1. The van der Waals surface area contributed by atoms with Crippen LogP contribution in [0.2, 0.25) is 0 Å². The fourth-order valence-corrected chi connectivity index (χ4v) is 1.52. The number of rotatable bonds is 2. The van der Waals surface area contributed by atoms with Crippen molar-refractivity contribution >= 4 is 17.2 Å². The molecule has 1 heterocycles. The Morgan fingerprint density at radius 3 is 2.57 bits per heavy atom. The number of carbonyl (C=O) groups is 1. The number of thiophene rings is 1. The highest BCUT2D eigenvalue weighted by molar-refractivity contribution is 7.12. The molecule has 0 spiro atoms. The van der Waals surface area contributed by atoms with Crippen LogP contribution >= 0.6 is 11.3 Å². The van der Waals surface area contributed by atoms with Gasteiger partial charge in [-0.3, -0.25) is 4.79 Å². The Morgan fingerprint density at radius 2 is 2.14 bits per heavy atom. The molecule has 0 bridgehead atoms. The predicted molar refractivity (Wildman–Crippen MR) is 60.7 cm³/mol. The molecule has 14 heavy (non-hydrogen) atoms. The van der Waals surface area contributed by atoms with Gasteiger partial charge in [0.15, 0.2) is 0 Å². The molecule has 0 aromatic carbocycles. The predicted octanol–water partition coefficient (Wildman–Crippen LogP) is 2.91. The summed E-state index contributed by atoms with van der Waals surface area (Å²) in [7, 11) is 0. The second-order valence-electron chi connectivity index (χ2n) is 4.54. The minimum atomic E-state index is 0.0300. The molecule has 1 aromatic rings. The quantitative estimate of drug-likeness (QED) is 0.800. The van der Waals surface area contributed by atoms with Crippen molar-refractivity contribution in [3.05, 3.63) is 22.4 Å². The Balaban J connectivity index is 2.58. The summed E-state index contributed by atoms with van der Waals surface area (Å²) >= 11 is 1.47. The summed E-state index contributed by atoms with van der Waals surface area (Å²) < 4.78 is 0. The van der Waals surface area contributed by atoms with Gasteiger partial charge >= 0.3 is 0 Å². The summed E-state index contributed by atoms with van der Waals surface area (Å²) in [6, 6.07) is 3.91. The van der Waals surface area contributed by atoms with E-state index in [1.165, 1.54) is 11.3 Å². The third-order valence-corrected chi connectivity index (χ3v) is 3.26. The zero-order valence-corrected chi connectivity index (χ0v) is 9.94. The lowest BCUT2D eigenvalue weighted by molar-refractivity contribution is 0.0914. The number of nitrogens with one attached hydrogen (secondary N) is 1. The van der Waals surface area contributed by atoms with Gasteiger partial charge in [0.25, 0.3) is 5.91 Å². The SMILES string of the molecule is CC(NC(=O)c1cccs1)C(C)(C)C. The van der Waals surface area contributed by atoms with Crippen molar-refractivity contribution in [2.24, 2.45) is 5.41 Å². The van der Waals surface area contributed by atoms with Crippen LogP contribution in [0.15, 0.2) is 17.5 Å². The minimum absolute atomic E-state index is 0.0300. The van der Waals surface area contributed by atoms with Gasteiger partial charge in [-0.2, -0.15) is 0 Å². The van der Waals surface area contributed by atoms with Crippen LogP contribution < -0.4 is 5.32 Å². The minimum Gasteiger partial charge on any atom is -0.348 e. The Hall–Kier alpha value is -0.830. The molecule has 1 atom stereocenters. The van der Waals surface area contributed by atoms with Gasteiger partial charge < -0.3 is 5.32 Å². The molecule has 78 valence electrons. The molecular formula is C11H17NOS. The fraction of sp³-hybridized carbons (Fsp3) is 0.545. The third-order valence-electron chi connectivity index (χ3n) is 2.39. The molecule has 0 radical (unpaired) electrons. The molecule has 2 nitrogen and oxygen atoms in total. The average Bonchev–Trinajstić information content (AvgIpc) is 2.53. The van der Waals surface area contributed by atoms with Crippen LogP contribution in [0.4, 0.5) is 0 Å². The number of hydrogen-bond donors (Lipinski definition) is 1. The van der Waals surface area contributed by atoms with E-state index in [9.17, 15) is 4.79 Å². The van der Waals surface area contributed by atoms with Crippen molar-refractivity contribution in [2.75, 3.05) is 0 Å². The summed E-state index contributed by atoms with van der Waals surface area (Å²) in [4.78, 5) is 12.4. The zero-order chi connectivity index (χ0) is 10.8. The maximum atomic E-state index is 11.7.